The molecule has 3 amide bonds. The zero-order valence-corrected chi connectivity index (χ0v) is 24.5. The molecule has 210 valence electrons. The van der Waals surface area contributed by atoms with Crippen molar-refractivity contribution in [2.75, 3.05) is 13.1 Å². The summed E-state index contributed by atoms with van der Waals surface area (Å²) in [7, 11) is 0. The average Bonchev–Trinajstić information content (AvgIpc) is 3.63. The quantitative estimate of drug-likeness (QED) is 0.481. The predicted molar refractivity (Wildman–Crippen MR) is 155 cm³/mol. The van der Waals surface area contributed by atoms with Gasteiger partial charge in [-0.05, 0) is 60.1 Å². The van der Waals surface area contributed by atoms with Crippen LogP contribution in [0.2, 0.25) is 0 Å². The highest BCUT2D eigenvalue weighted by Gasteiger charge is 2.52. The van der Waals surface area contributed by atoms with E-state index in [1.165, 1.54) is 11.3 Å². The number of benzene rings is 2. The minimum absolute atomic E-state index is 0.0278. The Balaban J connectivity index is 1.32. The molecule has 0 bridgehead atoms. The van der Waals surface area contributed by atoms with E-state index in [4.69, 9.17) is 0 Å². The molecule has 1 aromatic heterocycles. The van der Waals surface area contributed by atoms with Gasteiger partial charge >= 0.3 is 0 Å². The maximum Gasteiger partial charge on any atom is 0.254 e. The molecule has 2 saturated heterocycles. The smallest absolute Gasteiger partial charge is 0.254 e. The number of ketones is 1. The lowest BCUT2D eigenvalue weighted by molar-refractivity contribution is -0.138. The van der Waals surface area contributed by atoms with Crippen molar-refractivity contribution in [3.05, 3.63) is 64.7 Å². The number of nitrogens with one attached hydrogen (secondary N) is 1. The Kier molecular flexibility index (Phi) is 7.52. The molecule has 9 heteroatoms. The van der Waals surface area contributed by atoms with Crippen LogP contribution in [0.25, 0.3) is 10.2 Å². The molecule has 40 heavy (non-hydrogen) atoms. The average molecular weight is 561 g/mol. The van der Waals surface area contributed by atoms with Crippen molar-refractivity contribution in [1.29, 1.82) is 0 Å². The van der Waals surface area contributed by atoms with Gasteiger partial charge in [0.25, 0.3) is 11.8 Å². The second kappa shape index (κ2) is 10.8. The fourth-order valence-electron chi connectivity index (χ4n) is 5.75. The Morgan fingerprint density at radius 3 is 2.42 bits per heavy atom. The van der Waals surface area contributed by atoms with Crippen LogP contribution in [0.4, 0.5) is 0 Å². The molecule has 2 unspecified atom stereocenters. The van der Waals surface area contributed by atoms with E-state index >= 15 is 0 Å². The van der Waals surface area contributed by atoms with Gasteiger partial charge in [-0.2, -0.15) is 0 Å². The summed E-state index contributed by atoms with van der Waals surface area (Å²) in [6.45, 7) is 10.7. The molecule has 2 aliphatic heterocycles. The standard InChI is InChI=1S/C31H36N4O4S/c1-18(2)14-23(33-28(37)19-6-9-21(10-7-19)31(3,4)5)30(39)34-13-12-24-27(34)25(36)16-35(24)29(38)20-8-11-22-26(15-20)40-17-32-22/h6-11,15,17-18,23-24,27H,12-14,16H2,1-5H3,(H,33,37)/t23-,24?,27?/m0/s1. The number of aromatic nitrogens is 1. The van der Waals surface area contributed by atoms with E-state index in [-0.39, 0.29) is 47.4 Å². The molecule has 8 nitrogen and oxygen atoms in total. The maximum atomic E-state index is 13.8. The van der Waals surface area contributed by atoms with E-state index in [1.807, 2.05) is 38.1 Å². The van der Waals surface area contributed by atoms with Gasteiger partial charge < -0.3 is 15.1 Å². The number of hydrogen-bond acceptors (Lipinski definition) is 6. The molecular weight excluding hydrogens is 524 g/mol. The third-order valence-electron chi connectivity index (χ3n) is 7.87. The van der Waals surface area contributed by atoms with Crippen LogP contribution in [-0.2, 0) is 15.0 Å². The van der Waals surface area contributed by atoms with E-state index in [1.54, 1.807) is 33.5 Å². The molecular formula is C31H36N4O4S. The maximum absolute atomic E-state index is 13.8. The highest BCUT2D eigenvalue weighted by molar-refractivity contribution is 7.16. The number of likely N-dealkylation sites (tertiary alicyclic amines) is 2. The number of hydrogen-bond donors (Lipinski definition) is 1. The summed E-state index contributed by atoms with van der Waals surface area (Å²) in [6.07, 6.45) is 0.970. The third-order valence-corrected chi connectivity index (χ3v) is 8.66. The number of carbonyl (C=O) groups excluding carboxylic acids is 4. The number of rotatable bonds is 6. The Bertz CT molecular complexity index is 1460. The number of amides is 3. The second-order valence-electron chi connectivity index (χ2n) is 12.2. The van der Waals surface area contributed by atoms with Gasteiger partial charge in [-0.25, -0.2) is 4.98 Å². The zero-order valence-electron chi connectivity index (χ0n) is 23.6. The molecule has 3 aromatic rings. The molecule has 1 N–H and O–H groups in total. The first-order chi connectivity index (χ1) is 18.9. The van der Waals surface area contributed by atoms with Crippen molar-refractivity contribution in [1.82, 2.24) is 20.1 Å². The summed E-state index contributed by atoms with van der Waals surface area (Å²) in [5.41, 5.74) is 4.65. The molecule has 3 atom stereocenters. The Hall–Kier alpha value is -3.59. The van der Waals surface area contributed by atoms with Gasteiger partial charge in [0.1, 0.15) is 12.1 Å². The highest BCUT2D eigenvalue weighted by Crippen LogP contribution is 2.32. The first-order valence-electron chi connectivity index (χ1n) is 13.8. The number of thiazole rings is 1. The number of carbonyl (C=O) groups is 4. The fourth-order valence-corrected chi connectivity index (χ4v) is 6.47. The summed E-state index contributed by atoms with van der Waals surface area (Å²) in [4.78, 5) is 61.1. The monoisotopic (exact) mass is 560 g/mol. The van der Waals surface area contributed by atoms with Gasteiger partial charge in [0.15, 0.2) is 5.78 Å². The van der Waals surface area contributed by atoms with Crippen LogP contribution in [0, 0.1) is 5.92 Å². The molecule has 0 spiro atoms. The number of fused-ring (bicyclic) bond motifs is 2. The van der Waals surface area contributed by atoms with Crippen LogP contribution in [-0.4, -0.2) is 69.5 Å². The van der Waals surface area contributed by atoms with Crippen LogP contribution < -0.4 is 5.32 Å². The second-order valence-corrected chi connectivity index (χ2v) is 13.1. The molecule has 2 fully saturated rings. The van der Waals surface area contributed by atoms with E-state index in [0.717, 1.165) is 15.8 Å². The van der Waals surface area contributed by atoms with Crippen LogP contribution in [0.5, 0.6) is 0 Å². The predicted octanol–water partition coefficient (Wildman–Crippen LogP) is 4.43. The number of nitrogens with zero attached hydrogens (tertiary/aromatic N) is 3. The van der Waals surface area contributed by atoms with Crippen molar-refractivity contribution >= 4 is 45.1 Å². The molecule has 0 saturated carbocycles. The first kappa shape index (κ1) is 28.0. The molecule has 5 rings (SSSR count). The highest BCUT2D eigenvalue weighted by atomic mass is 32.1. The lowest BCUT2D eigenvalue weighted by atomic mass is 9.86. The van der Waals surface area contributed by atoms with Crippen molar-refractivity contribution in [2.24, 2.45) is 5.92 Å². The normalized spacial score (nSPS) is 19.8. The minimum Gasteiger partial charge on any atom is -0.340 e. The largest absolute Gasteiger partial charge is 0.340 e. The zero-order chi connectivity index (χ0) is 28.8. The van der Waals surface area contributed by atoms with Crippen LogP contribution in [0.3, 0.4) is 0 Å². The van der Waals surface area contributed by atoms with Gasteiger partial charge in [-0.3, -0.25) is 19.2 Å². The fraction of sp³-hybridized carbons (Fsp3) is 0.452. The van der Waals surface area contributed by atoms with Crippen molar-refractivity contribution in [2.45, 2.75) is 71.0 Å². The van der Waals surface area contributed by atoms with Crippen LogP contribution >= 0.6 is 11.3 Å². The van der Waals surface area contributed by atoms with Crippen LogP contribution in [0.1, 0.15) is 73.7 Å². The van der Waals surface area contributed by atoms with Gasteiger partial charge in [-0.1, -0.05) is 46.8 Å². The first-order valence-corrected chi connectivity index (χ1v) is 14.7. The summed E-state index contributed by atoms with van der Waals surface area (Å²) in [5.74, 6) is -0.792. The number of Topliss-reactive ketones (excluding diaryl/α,β-unsaturated/α-hetero) is 1. The lowest BCUT2D eigenvalue weighted by Crippen LogP contribution is -2.53. The van der Waals surface area contributed by atoms with Crippen molar-refractivity contribution in [3.8, 4) is 0 Å². The SMILES string of the molecule is CC(C)C[C@H](NC(=O)c1ccc(C(C)(C)C)cc1)C(=O)N1CCC2C1C(=O)CN2C(=O)c1ccc2ncsc2c1. The van der Waals surface area contributed by atoms with E-state index in [9.17, 15) is 19.2 Å². The molecule has 0 radical (unpaired) electrons. The third kappa shape index (κ3) is 5.39. The summed E-state index contributed by atoms with van der Waals surface area (Å²) < 4.78 is 0.913. The van der Waals surface area contributed by atoms with Gasteiger partial charge in [-0.15, -0.1) is 11.3 Å². The van der Waals surface area contributed by atoms with Gasteiger partial charge in [0.05, 0.1) is 28.3 Å². The lowest BCUT2D eigenvalue weighted by Gasteiger charge is -2.29. The molecule has 3 heterocycles. The van der Waals surface area contributed by atoms with E-state index in [0.29, 0.717) is 30.5 Å². The Morgan fingerprint density at radius 1 is 1.05 bits per heavy atom. The molecule has 0 aliphatic carbocycles. The summed E-state index contributed by atoms with van der Waals surface area (Å²) in [6, 6.07) is 11.0. The van der Waals surface area contributed by atoms with Crippen molar-refractivity contribution in [3.63, 3.8) is 0 Å². The molecule has 2 aliphatic rings. The van der Waals surface area contributed by atoms with E-state index < -0.39 is 12.1 Å². The van der Waals surface area contributed by atoms with E-state index in [2.05, 4.69) is 31.1 Å². The van der Waals surface area contributed by atoms with Crippen molar-refractivity contribution < 1.29 is 19.2 Å². The summed E-state index contributed by atoms with van der Waals surface area (Å²) in [5, 5.41) is 2.94. The minimum atomic E-state index is -0.764. The summed E-state index contributed by atoms with van der Waals surface area (Å²) >= 11 is 1.46. The Morgan fingerprint density at radius 2 is 1.75 bits per heavy atom. The van der Waals surface area contributed by atoms with Gasteiger partial charge in [0.2, 0.25) is 5.91 Å². The topological polar surface area (TPSA) is 99.7 Å². The molecule has 2 aromatic carbocycles. The van der Waals surface area contributed by atoms with Crippen LogP contribution in [0.15, 0.2) is 48.0 Å². The van der Waals surface area contributed by atoms with Gasteiger partial charge in [0, 0.05) is 17.7 Å². The Labute approximate surface area is 238 Å².